The van der Waals surface area contributed by atoms with E-state index in [1.54, 1.807) is 6.07 Å². The van der Waals surface area contributed by atoms with Gasteiger partial charge in [0, 0.05) is 18.3 Å². The molecule has 0 aliphatic carbocycles. The zero-order valence-corrected chi connectivity index (χ0v) is 12.6. The van der Waals surface area contributed by atoms with Gasteiger partial charge in [-0.1, -0.05) is 30.4 Å². The molecule has 0 unspecified atom stereocenters. The number of halogens is 1. The standard InChI is InChI=1S/C16H17FN2OS/c1-19(14-6-3-5-13(17)11-14)8-9-20-15-7-2-4-12(10-15)16(18)21/h2-7,10-11H,8-9H2,1H3,(H2,18,21). The van der Waals surface area contributed by atoms with E-state index in [1.165, 1.54) is 12.1 Å². The molecule has 0 radical (unpaired) electrons. The largest absolute Gasteiger partial charge is 0.492 e. The summed E-state index contributed by atoms with van der Waals surface area (Å²) >= 11 is 4.93. The summed E-state index contributed by atoms with van der Waals surface area (Å²) < 4.78 is 18.8. The van der Waals surface area contributed by atoms with Crippen molar-refractivity contribution >= 4 is 22.9 Å². The van der Waals surface area contributed by atoms with E-state index in [-0.39, 0.29) is 5.82 Å². The molecule has 0 bridgehead atoms. The molecule has 3 nitrogen and oxygen atoms in total. The van der Waals surface area contributed by atoms with Gasteiger partial charge in [-0.3, -0.25) is 0 Å². The van der Waals surface area contributed by atoms with E-state index in [0.29, 0.717) is 23.9 Å². The Bertz CT molecular complexity index is 633. The molecule has 2 N–H and O–H groups in total. The Balaban J connectivity index is 1.89. The number of hydrogen-bond acceptors (Lipinski definition) is 3. The van der Waals surface area contributed by atoms with Crippen LogP contribution in [0.5, 0.6) is 5.75 Å². The molecule has 110 valence electrons. The predicted molar refractivity (Wildman–Crippen MR) is 87.5 cm³/mol. The third-order valence-corrected chi connectivity index (χ3v) is 3.30. The third kappa shape index (κ3) is 4.43. The minimum absolute atomic E-state index is 0.246. The topological polar surface area (TPSA) is 38.5 Å². The van der Waals surface area contributed by atoms with Crippen LogP contribution in [0.3, 0.4) is 0 Å². The Kier molecular flexibility index (Phi) is 5.11. The second-order valence-electron chi connectivity index (χ2n) is 4.64. The number of anilines is 1. The first kappa shape index (κ1) is 15.3. The Morgan fingerprint density at radius 2 is 2.00 bits per heavy atom. The molecule has 0 saturated carbocycles. The molecule has 0 atom stereocenters. The van der Waals surface area contributed by atoms with Crippen molar-refractivity contribution in [3.8, 4) is 5.75 Å². The smallest absolute Gasteiger partial charge is 0.125 e. The number of rotatable bonds is 6. The summed E-state index contributed by atoms with van der Waals surface area (Å²) in [4.78, 5) is 2.28. The molecule has 0 amide bonds. The maximum atomic E-state index is 13.2. The number of likely N-dealkylation sites (N-methyl/N-ethyl adjacent to an activating group) is 1. The van der Waals surface area contributed by atoms with Gasteiger partial charge in [0.05, 0.1) is 6.54 Å². The van der Waals surface area contributed by atoms with Crippen molar-refractivity contribution in [1.29, 1.82) is 0 Å². The van der Waals surface area contributed by atoms with Crippen LogP contribution in [0, 0.1) is 5.82 Å². The maximum Gasteiger partial charge on any atom is 0.125 e. The van der Waals surface area contributed by atoms with Crippen LogP contribution in [0.15, 0.2) is 48.5 Å². The van der Waals surface area contributed by atoms with Crippen LogP contribution in [-0.2, 0) is 0 Å². The van der Waals surface area contributed by atoms with E-state index in [4.69, 9.17) is 22.7 Å². The molecular weight excluding hydrogens is 287 g/mol. The van der Waals surface area contributed by atoms with Crippen molar-refractivity contribution in [1.82, 2.24) is 0 Å². The highest BCUT2D eigenvalue weighted by molar-refractivity contribution is 7.80. The summed E-state index contributed by atoms with van der Waals surface area (Å²) in [5, 5.41) is 0. The molecular formula is C16H17FN2OS. The van der Waals surface area contributed by atoms with Crippen molar-refractivity contribution in [2.75, 3.05) is 25.1 Å². The van der Waals surface area contributed by atoms with Gasteiger partial charge in [0.25, 0.3) is 0 Å². The molecule has 0 aliphatic heterocycles. The lowest BCUT2D eigenvalue weighted by Gasteiger charge is -2.19. The molecule has 2 rings (SSSR count). The average molecular weight is 304 g/mol. The molecule has 0 saturated heterocycles. The summed E-state index contributed by atoms with van der Waals surface area (Å²) in [5.74, 6) is 0.470. The first-order chi connectivity index (χ1) is 10.1. The van der Waals surface area contributed by atoms with Crippen molar-refractivity contribution in [2.45, 2.75) is 0 Å². The van der Waals surface area contributed by atoms with Crippen LogP contribution < -0.4 is 15.4 Å². The first-order valence-corrected chi connectivity index (χ1v) is 6.96. The lowest BCUT2D eigenvalue weighted by Crippen LogP contribution is -2.23. The third-order valence-electron chi connectivity index (χ3n) is 3.06. The fraction of sp³-hybridized carbons (Fsp3) is 0.188. The van der Waals surface area contributed by atoms with E-state index in [1.807, 2.05) is 42.3 Å². The summed E-state index contributed by atoms with van der Waals surface area (Å²) in [7, 11) is 1.89. The second-order valence-corrected chi connectivity index (χ2v) is 5.08. The highest BCUT2D eigenvalue weighted by Crippen LogP contribution is 2.15. The highest BCUT2D eigenvalue weighted by Gasteiger charge is 2.03. The van der Waals surface area contributed by atoms with E-state index < -0.39 is 0 Å². The van der Waals surface area contributed by atoms with Crippen LogP contribution in [0.4, 0.5) is 10.1 Å². The Morgan fingerprint density at radius 3 is 2.71 bits per heavy atom. The summed E-state index contributed by atoms with van der Waals surface area (Å²) in [5.41, 5.74) is 7.18. The predicted octanol–water partition coefficient (Wildman–Crippen LogP) is 2.98. The summed E-state index contributed by atoms with van der Waals surface area (Å²) in [6.07, 6.45) is 0. The molecule has 0 heterocycles. The van der Waals surface area contributed by atoms with Crippen LogP contribution >= 0.6 is 12.2 Å². The second kappa shape index (κ2) is 7.04. The van der Waals surface area contributed by atoms with Crippen molar-refractivity contribution < 1.29 is 9.13 Å². The first-order valence-electron chi connectivity index (χ1n) is 6.55. The Morgan fingerprint density at radius 1 is 1.24 bits per heavy atom. The summed E-state index contributed by atoms with van der Waals surface area (Å²) in [6, 6.07) is 13.8. The van der Waals surface area contributed by atoms with E-state index in [0.717, 1.165) is 11.3 Å². The van der Waals surface area contributed by atoms with Gasteiger partial charge in [-0.15, -0.1) is 0 Å². The monoisotopic (exact) mass is 304 g/mol. The van der Waals surface area contributed by atoms with Crippen LogP contribution in [0.25, 0.3) is 0 Å². The number of benzene rings is 2. The van der Waals surface area contributed by atoms with E-state index >= 15 is 0 Å². The van der Waals surface area contributed by atoms with Gasteiger partial charge >= 0.3 is 0 Å². The zero-order valence-electron chi connectivity index (χ0n) is 11.8. The van der Waals surface area contributed by atoms with Gasteiger partial charge in [-0.25, -0.2) is 4.39 Å². The molecule has 2 aromatic rings. The number of hydrogen-bond donors (Lipinski definition) is 1. The molecule has 0 aromatic heterocycles. The van der Waals surface area contributed by atoms with Crippen LogP contribution in [0.1, 0.15) is 5.56 Å². The lowest BCUT2D eigenvalue weighted by atomic mass is 10.2. The Labute approximate surface area is 129 Å². The molecule has 21 heavy (non-hydrogen) atoms. The van der Waals surface area contributed by atoms with Crippen LogP contribution in [0.2, 0.25) is 0 Å². The lowest BCUT2D eigenvalue weighted by molar-refractivity contribution is 0.326. The fourth-order valence-corrected chi connectivity index (χ4v) is 2.01. The maximum absolute atomic E-state index is 13.2. The van der Waals surface area contributed by atoms with Gasteiger partial charge in [0.1, 0.15) is 23.2 Å². The number of ether oxygens (including phenoxy) is 1. The van der Waals surface area contributed by atoms with Gasteiger partial charge in [-0.2, -0.15) is 0 Å². The van der Waals surface area contributed by atoms with Crippen molar-refractivity contribution in [3.05, 3.63) is 59.9 Å². The van der Waals surface area contributed by atoms with E-state index in [9.17, 15) is 4.39 Å². The molecule has 0 fully saturated rings. The average Bonchev–Trinajstić information content (AvgIpc) is 2.47. The minimum atomic E-state index is -0.246. The highest BCUT2D eigenvalue weighted by atomic mass is 32.1. The van der Waals surface area contributed by atoms with Crippen molar-refractivity contribution in [3.63, 3.8) is 0 Å². The summed E-state index contributed by atoms with van der Waals surface area (Å²) in [6.45, 7) is 1.12. The molecule has 2 aromatic carbocycles. The minimum Gasteiger partial charge on any atom is -0.492 e. The van der Waals surface area contributed by atoms with Crippen molar-refractivity contribution in [2.24, 2.45) is 5.73 Å². The quantitative estimate of drug-likeness (QED) is 0.833. The SMILES string of the molecule is CN(CCOc1cccc(C(N)=S)c1)c1cccc(F)c1. The van der Waals surface area contributed by atoms with Gasteiger partial charge < -0.3 is 15.4 Å². The molecule has 0 aliphatic rings. The van der Waals surface area contributed by atoms with Crippen LogP contribution in [-0.4, -0.2) is 25.2 Å². The fourth-order valence-electron chi connectivity index (χ4n) is 1.88. The number of thiocarbonyl (C=S) groups is 1. The van der Waals surface area contributed by atoms with E-state index in [2.05, 4.69) is 0 Å². The zero-order chi connectivity index (χ0) is 15.2. The van der Waals surface area contributed by atoms with Gasteiger partial charge in [0.2, 0.25) is 0 Å². The Hall–Kier alpha value is -2.14. The molecule has 5 heteroatoms. The number of nitrogens with zero attached hydrogens (tertiary/aromatic N) is 1. The number of nitrogens with two attached hydrogens (primary N) is 1. The molecule has 0 spiro atoms. The normalized spacial score (nSPS) is 10.2. The van der Waals surface area contributed by atoms with Gasteiger partial charge in [-0.05, 0) is 30.3 Å². The van der Waals surface area contributed by atoms with Gasteiger partial charge in [0.15, 0.2) is 0 Å².